The molecular weight excluding hydrogens is 319 g/mol. The summed E-state index contributed by atoms with van der Waals surface area (Å²) in [6.07, 6.45) is 0. The average molecular weight is 330 g/mol. The Morgan fingerprint density at radius 2 is 1.70 bits per heavy atom. The van der Waals surface area contributed by atoms with Gasteiger partial charge in [0, 0.05) is 5.02 Å². The van der Waals surface area contributed by atoms with Crippen molar-refractivity contribution in [3.8, 4) is 0 Å². The summed E-state index contributed by atoms with van der Waals surface area (Å²) in [4.78, 5) is 11.8. The summed E-state index contributed by atoms with van der Waals surface area (Å²) in [5.41, 5.74) is 1.22. The van der Waals surface area contributed by atoms with Crippen LogP contribution in [-0.2, 0) is 4.79 Å². The molecule has 0 aliphatic rings. The number of hydrogen-bond donors (Lipinski definition) is 2. The molecular formula is C14H11Cl3N2O. The molecule has 20 heavy (non-hydrogen) atoms. The van der Waals surface area contributed by atoms with Gasteiger partial charge in [0.1, 0.15) is 0 Å². The first-order valence-electron chi connectivity index (χ1n) is 5.79. The topological polar surface area (TPSA) is 41.1 Å². The third kappa shape index (κ3) is 4.04. The molecule has 0 saturated heterocycles. The van der Waals surface area contributed by atoms with Crippen LogP contribution in [0.15, 0.2) is 42.5 Å². The highest BCUT2D eigenvalue weighted by Crippen LogP contribution is 2.25. The lowest BCUT2D eigenvalue weighted by Gasteiger charge is -2.10. The molecule has 0 atom stereocenters. The van der Waals surface area contributed by atoms with Crippen LogP contribution in [0.5, 0.6) is 0 Å². The Balaban J connectivity index is 1.94. The standard InChI is InChI=1S/C14H11Cl3N2O/c15-9-5-6-12(11(17)7-9)18-8-14(20)19-13-4-2-1-3-10(13)16/h1-7,18H,8H2,(H,19,20). The van der Waals surface area contributed by atoms with Gasteiger partial charge in [-0.15, -0.1) is 0 Å². The Bertz CT molecular complexity index is 632. The molecule has 104 valence electrons. The van der Waals surface area contributed by atoms with Crippen molar-refractivity contribution in [3.63, 3.8) is 0 Å². The molecule has 6 heteroatoms. The second-order valence-electron chi connectivity index (χ2n) is 4.01. The number of halogens is 3. The van der Waals surface area contributed by atoms with Crippen molar-refractivity contribution < 1.29 is 4.79 Å². The van der Waals surface area contributed by atoms with Crippen molar-refractivity contribution in [3.05, 3.63) is 57.5 Å². The molecule has 3 nitrogen and oxygen atoms in total. The number of carbonyl (C=O) groups excluding carboxylic acids is 1. The van der Waals surface area contributed by atoms with Crippen molar-refractivity contribution in [1.82, 2.24) is 0 Å². The quantitative estimate of drug-likeness (QED) is 0.854. The molecule has 0 fully saturated rings. The second-order valence-corrected chi connectivity index (χ2v) is 5.26. The minimum Gasteiger partial charge on any atom is -0.375 e. The molecule has 2 rings (SSSR count). The fourth-order valence-electron chi connectivity index (χ4n) is 1.57. The van der Waals surface area contributed by atoms with Crippen LogP contribution in [0, 0.1) is 0 Å². The molecule has 2 aromatic carbocycles. The van der Waals surface area contributed by atoms with Crippen LogP contribution < -0.4 is 10.6 Å². The minimum absolute atomic E-state index is 0.0760. The van der Waals surface area contributed by atoms with Gasteiger partial charge in [-0.1, -0.05) is 46.9 Å². The minimum atomic E-state index is -0.218. The maximum atomic E-state index is 11.8. The summed E-state index contributed by atoms with van der Waals surface area (Å²) in [5, 5.41) is 7.14. The Morgan fingerprint density at radius 1 is 0.950 bits per heavy atom. The third-order valence-electron chi connectivity index (χ3n) is 2.52. The summed E-state index contributed by atoms with van der Waals surface area (Å²) in [7, 11) is 0. The van der Waals surface area contributed by atoms with E-state index < -0.39 is 0 Å². The largest absolute Gasteiger partial charge is 0.375 e. The van der Waals surface area contributed by atoms with Crippen LogP contribution in [0.3, 0.4) is 0 Å². The number of hydrogen-bond acceptors (Lipinski definition) is 2. The zero-order valence-corrected chi connectivity index (χ0v) is 12.6. The first-order valence-corrected chi connectivity index (χ1v) is 6.93. The van der Waals surface area contributed by atoms with Crippen LogP contribution in [0.25, 0.3) is 0 Å². The molecule has 2 N–H and O–H groups in total. The van der Waals surface area contributed by atoms with Crippen molar-refractivity contribution in [1.29, 1.82) is 0 Å². The average Bonchev–Trinajstić information content (AvgIpc) is 2.40. The fourth-order valence-corrected chi connectivity index (χ4v) is 2.22. The summed E-state index contributed by atoms with van der Waals surface area (Å²) >= 11 is 17.8. The van der Waals surface area contributed by atoms with E-state index in [9.17, 15) is 4.79 Å². The maximum absolute atomic E-state index is 11.8. The molecule has 0 saturated carbocycles. The highest BCUT2D eigenvalue weighted by Gasteiger charge is 2.06. The van der Waals surface area contributed by atoms with Crippen LogP contribution in [0.4, 0.5) is 11.4 Å². The van der Waals surface area contributed by atoms with Gasteiger partial charge in [-0.3, -0.25) is 4.79 Å². The molecule has 0 spiro atoms. The van der Waals surface area contributed by atoms with Crippen molar-refractivity contribution in [2.24, 2.45) is 0 Å². The maximum Gasteiger partial charge on any atom is 0.243 e. The number of anilines is 2. The van der Waals surface area contributed by atoms with Gasteiger partial charge in [-0.2, -0.15) is 0 Å². The summed E-state index contributed by atoms with van der Waals surface area (Å²) in [6.45, 7) is 0.0760. The number of carbonyl (C=O) groups is 1. The highest BCUT2D eigenvalue weighted by atomic mass is 35.5. The number of rotatable bonds is 4. The van der Waals surface area contributed by atoms with E-state index in [4.69, 9.17) is 34.8 Å². The number of nitrogens with one attached hydrogen (secondary N) is 2. The highest BCUT2D eigenvalue weighted by molar-refractivity contribution is 6.36. The molecule has 0 aliphatic carbocycles. The normalized spacial score (nSPS) is 10.2. The van der Waals surface area contributed by atoms with Crippen LogP contribution in [0.1, 0.15) is 0 Å². The molecule has 0 aliphatic heterocycles. The fraction of sp³-hybridized carbons (Fsp3) is 0.0714. The van der Waals surface area contributed by atoms with Gasteiger partial charge in [0.05, 0.1) is 28.0 Å². The zero-order chi connectivity index (χ0) is 14.5. The van der Waals surface area contributed by atoms with E-state index in [-0.39, 0.29) is 12.5 Å². The van der Waals surface area contributed by atoms with E-state index in [2.05, 4.69) is 10.6 Å². The Hall–Kier alpha value is -1.42. The SMILES string of the molecule is O=C(CNc1ccc(Cl)cc1Cl)Nc1ccccc1Cl. The lowest BCUT2D eigenvalue weighted by atomic mass is 10.3. The molecule has 0 heterocycles. The lowest BCUT2D eigenvalue weighted by molar-refractivity contribution is -0.114. The van der Waals surface area contributed by atoms with E-state index in [0.29, 0.717) is 26.4 Å². The van der Waals surface area contributed by atoms with Crippen molar-refractivity contribution >= 4 is 52.1 Å². The van der Waals surface area contributed by atoms with Gasteiger partial charge in [-0.25, -0.2) is 0 Å². The van der Waals surface area contributed by atoms with Gasteiger partial charge in [0.25, 0.3) is 0 Å². The van der Waals surface area contributed by atoms with E-state index in [0.717, 1.165) is 0 Å². The first kappa shape index (κ1) is 15.0. The number of benzene rings is 2. The number of amides is 1. The molecule has 2 aromatic rings. The number of para-hydroxylation sites is 1. The molecule has 0 radical (unpaired) electrons. The monoisotopic (exact) mass is 328 g/mol. The third-order valence-corrected chi connectivity index (χ3v) is 3.40. The summed E-state index contributed by atoms with van der Waals surface area (Å²) < 4.78 is 0. The van der Waals surface area contributed by atoms with Crippen molar-refractivity contribution in [2.75, 3.05) is 17.2 Å². The van der Waals surface area contributed by atoms with Crippen LogP contribution in [0.2, 0.25) is 15.1 Å². The van der Waals surface area contributed by atoms with Gasteiger partial charge in [0.15, 0.2) is 0 Å². The zero-order valence-electron chi connectivity index (χ0n) is 10.3. The van der Waals surface area contributed by atoms with Crippen LogP contribution >= 0.6 is 34.8 Å². The molecule has 0 aromatic heterocycles. The van der Waals surface area contributed by atoms with E-state index >= 15 is 0 Å². The summed E-state index contributed by atoms with van der Waals surface area (Å²) in [5.74, 6) is -0.218. The Labute approximate surface area is 131 Å². The Kier molecular flexibility index (Phi) is 5.12. The second kappa shape index (κ2) is 6.84. The predicted octanol–water partition coefficient (Wildman–Crippen LogP) is 4.70. The lowest BCUT2D eigenvalue weighted by Crippen LogP contribution is -2.22. The molecule has 1 amide bonds. The molecule has 0 bridgehead atoms. The first-order chi connectivity index (χ1) is 9.56. The van der Waals surface area contributed by atoms with E-state index in [1.54, 1.807) is 42.5 Å². The summed E-state index contributed by atoms with van der Waals surface area (Å²) in [6, 6.07) is 12.1. The van der Waals surface area contributed by atoms with Gasteiger partial charge < -0.3 is 10.6 Å². The predicted molar refractivity (Wildman–Crippen MR) is 85.0 cm³/mol. The van der Waals surface area contributed by atoms with Gasteiger partial charge in [0.2, 0.25) is 5.91 Å². The molecule has 0 unspecified atom stereocenters. The smallest absolute Gasteiger partial charge is 0.243 e. The van der Waals surface area contributed by atoms with Crippen molar-refractivity contribution in [2.45, 2.75) is 0 Å². The van der Waals surface area contributed by atoms with Gasteiger partial charge in [-0.05, 0) is 30.3 Å². The van der Waals surface area contributed by atoms with Crippen LogP contribution in [-0.4, -0.2) is 12.5 Å². The van der Waals surface area contributed by atoms with Gasteiger partial charge >= 0.3 is 0 Å². The Morgan fingerprint density at radius 3 is 2.40 bits per heavy atom. The van der Waals surface area contributed by atoms with E-state index in [1.807, 2.05) is 0 Å². The van der Waals surface area contributed by atoms with E-state index in [1.165, 1.54) is 0 Å².